The highest BCUT2D eigenvalue weighted by Gasteiger charge is 2.14. The van der Waals surface area contributed by atoms with Crippen LogP contribution < -0.4 is 5.32 Å². The van der Waals surface area contributed by atoms with Gasteiger partial charge in [-0.25, -0.2) is 0 Å². The van der Waals surface area contributed by atoms with Gasteiger partial charge in [-0.2, -0.15) is 5.26 Å². The molecule has 2 rings (SSSR count). The summed E-state index contributed by atoms with van der Waals surface area (Å²) >= 11 is 5.84. The monoisotopic (exact) mass is 264 g/mol. The Labute approximate surface area is 113 Å². The predicted molar refractivity (Wildman–Crippen MR) is 72.9 cm³/mol. The fourth-order valence-corrected chi connectivity index (χ4v) is 2.40. The molecule has 96 valence electrons. The highest BCUT2D eigenvalue weighted by molar-refractivity contribution is 6.30. The molecule has 1 aliphatic carbocycles. The van der Waals surface area contributed by atoms with Gasteiger partial charge in [0.05, 0.1) is 24.0 Å². The van der Waals surface area contributed by atoms with Crippen molar-refractivity contribution in [2.75, 3.05) is 18.5 Å². The van der Waals surface area contributed by atoms with Crippen molar-refractivity contribution in [3.8, 4) is 6.07 Å². The van der Waals surface area contributed by atoms with Gasteiger partial charge in [-0.3, -0.25) is 0 Å². The van der Waals surface area contributed by atoms with Gasteiger partial charge in [0.1, 0.15) is 6.07 Å². The number of anilines is 1. The standard InChI is InChI=1S/C14H17ClN2O/c15-12-5-6-14(11(9-12)10-16)17-7-8-18-13-3-1-2-4-13/h5-6,9,13,17H,1-4,7-8H2. The summed E-state index contributed by atoms with van der Waals surface area (Å²) in [4.78, 5) is 0. The lowest BCUT2D eigenvalue weighted by atomic mass is 10.2. The molecule has 1 saturated carbocycles. The summed E-state index contributed by atoms with van der Waals surface area (Å²) in [7, 11) is 0. The number of nitriles is 1. The number of benzene rings is 1. The lowest BCUT2D eigenvalue weighted by Crippen LogP contribution is -2.15. The fourth-order valence-electron chi connectivity index (χ4n) is 2.23. The van der Waals surface area contributed by atoms with Crippen molar-refractivity contribution in [2.24, 2.45) is 0 Å². The number of ether oxygens (including phenoxy) is 1. The summed E-state index contributed by atoms with van der Waals surface area (Å²) < 4.78 is 5.75. The first-order valence-corrected chi connectivity index (χ1v) is 6.72. The normalized spacial score (nSPS) is 15.6. The van der Waals surface area contributed by atoms with Gasteiger partial charge in [-0.05, 0) is 31.0 Å². The molecular weight excluding hydrogens is 248 g/mol. The van der Waals surface area contributed by atoms with Gasteiger partial charge < -0.3 is 10.1 Å². The third kappa shape index (κ3) is 3.63. The van der Waals surface area contributed by atoms with Crippen LogP contribution >= 0.6 is 11.6 Å². The Hall–Kier alpha value is -1.24. The Morgan fingerprint density at radius 2 is 2.17 bits per heavy atom. The molecule has 0 amide bonds. The Morgan fingerprint density at radius 1 is 1.39 bits per heavy atom. The molecule has 0 unspecified atom stereocenters. The number of hydrogen-bond donors (Lipinski definition) is 1. The molecule has 0 aromatic heterocycles. The van der Waals surface area contributed by atoms with Gasteiger partial charge in [0.25, 0.3) is 0 Å². The zero-order valence-corrected chi connectivity index (χ0v) is 11.0. The lowest BCUT2D eigenvalue weighted by Gasteiger charge is -2.12. The summed E-state index contributed by atoms with van der Waals surface area (Å²) in [6, 6.07) is 7.41. The third-order valence-electron chi connectivity index (χ3n) is 3.18. The van der Waals surface area contributed by atoms with Gasteiger partial charge in [-0.1, -0.05) is 24.4 Å². The molecule has 1 fully saturated rings. The van der Waals surface area contributed by atoms with Crippen molar-refractivity contribution < 1.29 is 4.74 Å². The molecule has 0 bridgehead atoms. The van der Waals surface area contributed by atoms with Crippen LogP contribution in [0.1, 0.15) is 31.2 Å². The Kier molecular flexibility index (Phi) is 4.86. The first-order chi connectivity index (χ1) is 8.79. The summed E-state index contributed by atoms with van der Waals surface area (Å²) in [6.07, 6.45) is 5.38. The van der Waals surface area contributed by atoms with Crippen LogP contribution in [-0.2, 0) is 4.74 Å². The number of nitrogens with one attached hydrogen (secondary N) is 1. The van der Waals surface area contributed by atoms with Crippen molar-refractivity contribution >= 4 is 17.3 Å². The highest BCUT2D eigenvalue weighted by Crippen LogP contribution is 2.21. The van der Waals surface area contributed by atoms with E-state index < -0.39 is 0 Å². The van der Waals surface area contributed by atoms with Crippen molar-refractivity contribution in [3.05, 3.63) is 28.8 Å². The van der Waals surface area contributed by atoms with Crippen molar-refractivity contribution in [1.29, 1.82) is 5.26 Å². The average molecular weight is 265 g/mol. The van der Waals surface area contributed by atoms with Crippen LogP contribution in [0.5, 0.6) is 0 Å². The van der Waals surface area contributed by atoms with Gasteiger partial charge in [0, 0.05) is 11.6 Å². The number of nitrogens with zero attached hydrogens (tertiary/aromatic N) is 1. The Balaban J connectivity index is 1.77. The van der Waals surface area contributed by atoms with Crippen LogP contribution in [0.3, 0.4) is 0 Å². The molecule has 18 heavy (non-hydrogen) atoms. The number of halogens is 1. The minimum Gasteiger partial charge on any atom is -0.382 e. The molecule has 0 atom stereocenters. The Bertz CT molecular complexity index is 436. The smallest absolute Gasteiger partial charge is 0.101 e. The SMILES string of the molecule is N#Cc1cc(Cl)ccc1NCCOC1CCCC1. The first kappa shape index (κ1) is 13.2. The minimum atomic E-state index is 0.437. The molecule has 0 radical (unpaired) electrons. The van der Waals surface area contributed by atoms with E-state index in [0.717, 1.165) is 5.69 Å². The molecule has 1 N–H and O–H groups in total. The topological polar surface area (TPSA) is 45.0 Å². The van der Waals surface area contributed by atoms with E-state index >= 15 is 0 Å². The van der Waals surface area contributed by atoms with Crippen molar-refractivity contribution in [3.63, 3.8) is 0 Å². The van der Waals surface area contributed by atoms with E-state index in [0.29, 0.717) is 29.8 Å². The summed E-state index contributed by atoms with van der Waals surface area (Å²) in [5.74, 6) is 0. The van der Waals surface area contributed by atoms with E-state index in [1.807, 2.05) is 6.07 Å². The van der Waals surface area contributed by atoms with Crippen molar-refractivity contribution in [2.45, 2.75) is 31.8 Å². The summed E-state index contributed by atoms with van der Waals surface area (Å²) in [5.41, 5.74) is 1.39. The molecule has 1 aromatic rings. The molecule has 0 heterocycles. The van der Waals surface area contributed by atoms with E-state index in [9.17, 15) is 0 Å². The van der Waals surface area contributed by atoms with Gasteiger partial charge in [0.15, 0.2) is 0 Å². The minimum absolute atomic E-state index is 0.437. The van der Waals surface area contributed by atoms with E-state index in [1.165, 1.54) is 25.7 Å². The van der Waals surface area contributed by atoms with Crippen LogP contribution in [0.25, 0.3) is 0 Å². The molecule has 1 aromatic carbocycles. The van der Waals surface area contributed by atoms with Crippen LogP contribution in [0, 0.1) is 11.3 Å². The van der Waals surface area contributed by atoms with Gasteiger partial charge >= 0.3 is 0 Å². The molecule has 0 spiro atoms. The maximum absolute atomic E-state index is 8.99. The fraction of sp³-hybridized carbons (Fsp3) is 0.500. The summed E-state index contributed by atoms with van der Waals surface area (Å²) in [6.45, 7) is 1.39. The van der Waals surface area contributed by atoms with Crippen LogP contribution in [0.4, 0.5) is 5.69 Å². The third-order valence-corrected chi connectivity index (χ3v) is 3.41. The van der Waals surface area contributed by atoms with Gasteiger partial charge in [-0.15, -0.1) is 0 Å². The zero-order valence-electron chi connectivity index (χ0n) is 10.3. The Morgan fingerprint density at radius 3 is 2.89 bits per heavy atom. The predicted octanol–water partition coefficient (Wildman–Crippen LogP) is 3.58. The molecule has 3 nitrogen and oxygen atoms in total. The maximum atomic E-state index is 8.99. The van der Waals surface area contributed by atoms with E-state index in [2.05, 4.69) is 11.4 Å². The van der Waals surface area contributed by atoms with E-state index in [4.69, 9.17) is 21.6 Å². The molecule has 0 aliphatic heterocycles. The van der Waals surface area contributed by atoms with Crippen LogP contribution in [0.2, 0.25) is 5.02 Å². The zero-order chi connectivity index (χ0) is 12.8. The molecule has 4 heteroatoms. The summed E-state index contributed by atoms with van der Waals surface area (Å²) in [5, 5.41) is 12.8. The first-order valence-electron chi connectivity index (χ1n) is 6.35. The van der Waals surface area contributed by atoms with Crippen LogP contribution in [-0.4, -0.2) is 19.3 Å². The maximum Gasteiger partial charge on any atom is 0.101 e. The number of rotatable bonds is 5. The quantitative estimate of drug-likeness (QED) is 0.827. The second-order valence-electron chi connectivity index (χ2n) is 4.51. The molecular formula is C14H17ClN2O. The molecule has 1 aliphatic rings. The average Bonchev–Trinajstić information content (AvgIpc) is 2.89. The highest BCUT2D eigenvalue weighted by atomic mass is 35.5. The second-order valence-corrected chi connectivity index (χ2v) is 4.94. The number of hydrogen-bond acceptors (Lipinski definition) is 3. The second kappa shape index (κ2) is 6.63. The molecule has 0 saturated heterocycles. The largest absolute Gasteiger partial charge is 0.382 e. The van der Waals surface area contributed by atoms with E-state index in [-0.39, 0.29) is 0 Å². The van der Waals surface area contributed by atoms with Crippen molar-refractivity contribution in [1.82, 2.24) is 0 Å². The van der Waals surface area contributed by atoms with Crippen LogP contribution in [0.15, 0.2) is 18.2 Å². The lowest BCUT2D eigenvalue weighted by molar-refractivity contribution is 0.0659. The van der Waals surface area contributed by atoms with E-state index in [1.54, 1.807) is 12.1 Å². The van der Waals surface area contributed by atoms with Gasteiger partial charge in [0.2, 0.25) is 0 Å².